The number of nitrogens with one attached hydrogen (secondary N) is 1. The van der Waals surface area contributed by atoms with Crippen LogP contribution in [0.3, 0.4) is 0 Å². The minimum Gasteiger partial charge on any atom is -0.490 e. The van der Waals surface area contributed by atoms with Gasteiger partial charge in [-0.1, -0.05) is 29.8 Å². The standard InChI is InChI=1S/C24H23IN2O3/c1-3-29-23-14-19(15-26-27-24(28)20-9-11-21(25)12-10-20)8-13-22(23)30-16-18-6-4-17(2)5-7-18/h4-15H,3,16H2,1-2H3,(H,27,28)/b26-15-. The van der Waals surface area contributed by atoms with Crippen molar-refractivity contribution in [3.63, 3.8) is 0 Å². The van der Waals surface area contributed by atoms with Gasteiger partial charge in [0.25, 0.3) is 5.91 Å². The summed E-state index contributed by atoms with van der Waals surface area (Å²) in [6.07, 6.45) is 1.58. The molecular weight excluding hydrogens is 491 g/mol. The number of carbonyl (C=O) groups excluding carboxylic acids is 1. The number of nitrogens with zero attached hydrogens (tertiary/aromatic N) is 1. The third-order valence-corrected chi connectivity index (χ3v) is 4.99. The van der Waals surface area contributed by atoms with Gasteiger partial charge < -0.3 is 9.47 Å². The van der Waals surface area contributed by atoms with Crippen LogP contribution in [0.5, 0.6) is 11.5 Å². The molecule has 0 aliphatic carbocycles. The number of hydrazone groups is 1. The Bertz CT molecular complexity index is 1020. The highest BCUT2D eigenvalue weighted by atomic mass is 127. The van der Waals surface area contributed by atoms with Gasteiger partial charge in [-0.05, 0) is 90.0 Å². The summed E-state index contributed by atoms with van der Waals surface area (Å²) in [5.41, 5.74) is 6.20. The molecule has 0 unspecified atom stereocenters. The number of rotatable bonds is 8. The second-order valence-corrected chi connectivity index (χ2v) is 7.87. The summed E-state index contributed by atoms with van der Waals surface area (Å²) in [6, 6.07) is 21.1. The number of hydrogen-bond donors (Lipinski definition) is 1. The molecule has 0 aliphatic rings. The zero-order valence-corrected chi connectivity index (χ0v) is 19.0. The Morgan fingerprint density at radius 3 is 2.43 bits per heavy atom. The van der Waals surface area contributed by atoms with E-state index in [9.17, 15) is 4.79 Å². The summed E-state index contributed by atoms with van der Waals surface area (Å²) in [5.74, 6) is 1.04. The molecule has 1 amide bonds. The first-order valence-corrected chi connectivity index (χ1v) is 10.7. The van der Waals surface area contributed by atoms with Crippen molar-refractivity contribution in [2.75, 3.05) is 6.61 Å². The average Bonchev–Trinajstić information content (AvgIpc) is 2.75. The maximum Gasteiger partial charge on any atom is 0.271 e. The minimum atomic E-state index is -0.259. The molecule has 0 aliphatic heterocycles. The molecule has 0 radical (unpaired) electrons. The molecule has 1 N–H and O–H groups in total. The lowest BCUT2D eigenvalue weighted by Crippen LogP contribution is -2.17. The first kappa shape index (κ1) is 21.8. The highest BCUT2D eigenvalue weighted by Gasteiger charge is 2.07. The van der Waals surface area contributed by atoms with Crippen LogP contribution >= 0.6 is 22.6 Å². The first-order valence-electron chi connectivity index (χ1n) is 9.59. The number of halogens is 1. The molecule has 0 heterocycles. The molecule has 5 nitrogen and oxygen atoms in total. The third-order valence-electron chi connectivity index (χ3n) is 4.27. The molecule has 0 saturated heterocycles. The van der Waals surface area contributed by atoms with Crippen molar-refractivity contribution < 1.29 is 14.3 Å². The van der Waals surface area contributed by atoms with Crippen LogP contribution in [0.2, 0.25) is 0 Å². The molecule has 154 valence electrons. The second kappa shape index (κ2) is 10.8. The van der Waals surface area contributed by atoms with Gasteiger partial charge in [0, 0.05) is 9.13 Å². The summed E-state index contributed by atoms with van der Waals surface area (Å²) in [4.78, 5) is 12.1. The molecular formula is C24H23IN2O3. The zero-order valence-electron chi connectivity index (χ0n) is 16.9. The van der Waals surface area contributed by atoms with Gasteiger partial charge in [0.1, 0.15) is 6.61 Å². The van der Waals surface area contributed by atoms with E-state index < -0.39 is 0 Å². The molecule has 3 rings (SSSR count). The Morgan fingerprint density at radius 1 is 1.00 bits per heavy atom. The number of aryl methyl sites for hydroxylation is 1. The van der Waals surface area contributed by atoms with Crippen LogP contribution in [0.15, 0.2) is 71.8 Å². The highest BCUT2D eigenvalue weighted by molar-refractivity contribution is 14.1. The topological polar surface area (TPSA) is 59.9 Å². The lowest BCUT2D eigenvalue weighted by molar-refractivity contribution is 0.0955. The van der Waals surface area contributed by atoms with Crippen molar-refractivity contribution in [3.05, 3.63) is 92.6 Å². The van der Waals surface area contributed by atoms with Crippen LogP contribution in [-0.4, -0.2) is 18.7 Å². The van der Waals surface area contributed by atoms with Gasteiger partial charge >= 0.3 is 0 Å². The molecule has 3 aromatic carbocycles. The summed E-state index contributed by atoms with van der Waals surface area (Å²) < 4.78 is 12.7. The Kier molecular flexibility index (Phi) is 7.84. The minimum absolute atomic E-state index is 0.259. The zero-order chi connectivity index (χ0) is 21.3. The molecule has 0 fully saturated rings. The van der Waals surface area contributed by atoms with Gasteiger partial charge in [0.15, 0.2) is 11.5 Å². The summed E-state index contributed by atoms with van der Waals surface area (Å²) in [6.45, 7) is 4.96. The maximum absolute atomic E-state index is 12.1. The van der Waals surface area contributed by atoms with E-state index in [-0.39, 0.29) is 5.91 Å². The van der Waals surface area contributed by atoms with Gasteiger partial charge in [-0.2, -0.15) is 5.10 Å². The number of amides is 1. The molecule has 0 aromatic heterocycles. The van der Waals surface area contributed by atoms with Crippen LogP contribution in [0.4, 0.5) is 0 Å². The molecule has 0 atom stereocenters. The molecule has 0 saturated carbocycles. The van der Waals surface area contributed by atoms with Crippen molar-refractivity contribution >= 4 is 34.7 Å². The van der Waals surface area contributed by atoms with Gasteiger partial charge in [0.05, 0.1) is 12.8 Å². The highest BCUT2D eigenvalue weighted by Crippen LogP contribution is 2.29. The van der Waals surface area contributed by atoms with Gasteiger partial charge in [0.2, 0.25) is 0 Å². The van der Waals surface area contributed by atoms with Crippen molar-refractivity contribution in [2.24, 2.45) is 5.10 Å². The molecule has 0 bridgehead atoms. The van der Waals surface area contributed by atoms with E-state index in [4.69, 9.17) is 9.47 Å². The van der Waals surface area contributed by atoms with Gasteiger partial charge in [-0.3, -0.25) is 4.79 Å². The Morgan fingerprint density at radius 2 is 1.73 bits per heavy atom. The fourth-order valence-electron chi connectivity index (χ4n) is 2.67. The number of hydrogen-bond acceptors (Lipinski definition) is 4. The Hall–Kier alpha value is -2.87. The van der Waals surface area contributed by atoms with Crippen LogP contribution in [0, 0.1) is 10.5 Å². The average molecular weight is 514 g/mol. The molecule has 3 aromatic rings. The number of ether oxygens (including phenoxy) is 2. The Balaban J connectivity index is 1.64. The summed E-state index contributed by atoms with van der Waals surface area (Å²) >= 11 is 2.20. The predicted octanol–water partition coefficient (Wildman–Crippen LogP) is 5.34. The largest absolute Gasteiger partial charge is 0.490 e. The fraction of sp³-hybridized carbons (Fsp3) is 0.167. The molecule has 0 spiro atoms. The SMILES string of the molecule is CCOc1cc(/C=N\NC(=O)c2ccc(I)cc2)ccc1OCc1ccc(C)cc1. The van der Waals surface area contributed by atoms with E-state index in [1.165, 1.54) is 5.56 Å². The van der Waals surface area contributed by atoms with Gasteiger partial charge in [-0.25, -0.2) is 5.43 Å². The van der Waals surface area contributed by atoms with Crippen LogP contribution in [0.1, 0.15) is 34.0 Å². The maximum atomic E-state index is 12.1. The monoisotopic (exact) mass is 514 g/mol. The van der Waals surface area contributed by atoms with Crippen LogP contribution < -0.4 is 14.9 Å². The molecule has 6 heteroatoms. The lowest BCUT2D eigenvalue weighted by Gasteiger charge is -2.12. The molecule has 30 heavy (non-hydrogen) atoms. The van der Waals surface area contributed by atoms with Crippen LogP contribution in [0.25, 0.3) is 0 Å². The fourth-order valence-corrected chi connectivity index (χ4v) is 3.03. The number of carbonyl (C=O) groups is 1. The van der Waals surface area contributed by atoms with E-state index in [0.29, 0.717) is 30.3 Å². The van der Waals surface area contributed by atoms with Crippen LogP contribution in [-0.2, 0) is 6.61 Å². The van der Waals surface area contributed by atoms with E-state index in [2.05, 4.69) is 52.2 Å². The van der Waals surface area contributed by atoms with Crippen molar-refractivity contribution in [1.82, 2.24) is 5.43 Å². The second-order valence-electron chi connectivity index (χ2n) is 6.62. The number of benzene rings is 3. The lowest BCUT2D eigenvalue weighted by atomic mass is 10.2. The van der Waals surface area contributed by atoms with Crippen molar-refractivity contribution in [3.8, 4) is 11.5 Å². The van der Waals surface area contributed by atoms with E-state index in [1.807, 2.05) is 49.4 Å². The predicted molar refractivity (Wildman–Crippen MR) is 127 cm³/mol. The van der Waals surface area contributed by atoms with E-state index in [0.717, 1.165) is 14.7 Å². The van der Waals surface area contributed by atoms with E-state index in [1.54, 1.807) is 18.3 Å². The smallest absolute Gasteiger partial charge is 0.271 e. The van der Waals surface area contributed by atoms with Crippen molar-refractivity contribution in [1.29, 1.82) is 0 Å². The van der Waals surface area contributed by atoms with Gasteiger partial charge in [-0.15, -0.1) is 0 Å². The van der Waals surface area contributed by atoms with E-state index >= 15 is 0 Å². The summed E-state index contributed by atoms with van der Waals surface area (Å²) in [5, 5.41) is 4.05. The normalized spacial score (nSPS) is 10.8. The quantitative estimate of drug-likeness (QED) is 0.251. The summed E-state index contributed by atoms with van der Waals surface area (Å²) in [7, 11) is 0. The van der Waals surface area contributed by atoms with Crippen molar-refractivity contribution in [2.45, 2.75) is 20.5 Å². The Labute approximate surface area is 190 Å². The third kappa shape index (κ3) is 6.32. The first-order chi connectivity index (χ1) is 14.5.